The average molecular weight is 352 g/mol. The Morgan fingerprint density at radius 1 is 1.36 bits per heavy atom. The van der Waals surface area contributed by atoms with Gasteiger partial charge in [0.2, 0.25) is 0 Å². The van der Waals surface area contributed by atoms with Gasteiger partial charge in [-0.3, -0.25) is 4.99 Å². The molecule has 0 amide bonds. The van der Waals surface area contributed by atoms with Crippen LogP contribution < -0.4 is 10.6 Å². The van der Waals surface area contributed by atoms with Crippen molar-refractivity contribution < 1.29 is 13.2 Å². The minimum atomic E-state index is -2.94. The van der Waals surface area contributed by atoms with Crippen molar-refractivity contribution in [2.24, 2.45) is 4.99 Å². The number of sulfone groups is 1. The molecule has 8 heteroatoms. The van der Waals surface area contributed by atoms with Crippen molar-refractivity contribution in [2.75, 3.05) is 45.1 Å². The van der Waals surface area contributed by atoms with Crippen LogP contribution in [0.3, 0.4) is 0 Å². The van der Waals surface area contributed by atoms with E-state index in [4.69, 9.17) is 4.74 Å². The summed E-state index contributed by atoms with van der Waals surface area (Å²) in [5.41, 5.74) is 0. The highest BCUT2D eigenvalue weighted by Gasteiger charge is 2.21. The maximum Gasteiger partial charge on any atom is 0.191 e. The number of rotatable bonds is 8. The summed E-state index contributed by atoms with van der Waals surface area (Å²) in [6, 6.07) is 0.476. The number of hydrogen-bond acceptors (Lipinski definition) is 5. The molecule has 0 heterocycles. The fourth-order valence-electron chi connectivity index (χ4n) is 2.43. The van der Waals surface area contributed by atoms with Crippen LogP contribution >= 0.6 is 11.8 Å². The first-order chi connectivity index (χ1) is 10.4. The van der Waals surface area contributed by atoms with Gasteiger partial charge in [-0.25, -0.2) is 8.42 Å². The van der Waals surface area contributed by atoms with Crippen LogP contribution in [0.5, 0.6) is 0 Å². The van der Waals surface area contributed by atoms with Gasteiger partial charge < -0.3 is 15.4 Å². The van der Waals surface area contributed by atoms with Crippen LogP contribution in [-0.4, -0.2) is 70.7 Å². The van der Waals surface area contributed by atoms with Gasteiger partial charge in [-0.05, 0) is 25.5 Å². The number of ether oxygens (including phenoxy) is 1. The van der Waals surface area contributed by atoms with Gasteiger partial charge in [-0.15, -0.1) is 0 Å². The standard InChI is InChI=1S/C14H29N3O3S2/c1-15-14(16-7-8-20-9-10-22(3,18)19)17-12-5-4-6-13(11-12)21-2/h12-13H,4-11H2,1-3H3,(H2,15,16,17). The predicted molar refractivity (Wildman–Crippen MR) is 94.6 cm³/mol. The smallest absolute Gasteiger partial charge is 0.191 e. The molecule has 2 unspecified atom stereocenters. The van der Waals surface area contributed by atoms with E-state index in [2.05, 4.69) is 21.9 Å². The maximum absolute atomic E-state index is 11.0. The molecule has 0 aliphatic heterocycles. The summed E-state index contributed by atoms with van der Waals surface area (Å²) in [7, 11) is -1.18. The van der Waals surface area contributed by atoms with Crippen molar-refractivity contribution in [3.8, 4) is 0 Å². The number of nitrogens with zero attached hydrogens (tertiary/aromatic N) is 1. The highest BCUT2D eigenvalue weighted by atomic mass is 32.2. The van der Waals surface area contributed by atoms with Crippen LogP contribution in [0.15, 0.2) is 4.99 Å². The number of hydrogen-bond donors (Lipinski definition) is 2. The molecule has 130 valence electrons. The maximum atomic E-state index is 11.0. The highest BCUT2D eigenvalue weighted by Crippen LogP contribution is 2.26. The van der Waals surface area contributed by atoms with E-state index in [0.717, 1.165) is 11.2 Å². The lowest BCUT2D eigenvalue weighted by molar-refractivity contribution is 0.154. The summed E-state index contributed by atoms with van der Waals surface area (Å²) < 4.78 is 27.2. The lowest BCUT2D eigenvalue weighted by atomic mass is 9.95. The molecule has 22 heavy (non-hydrogen) atoms. The van der Waals surface area contributed by atoms with Crippen molar-refractivity contribution in [2.45, 2.75) is 37.0 Å². The monoisotopic (exact) mass is 351 g/mol. The van der Waals surface area contributed by atoms with Crippen LogP contribution in [-0.2, 0) is 14.6 Å². The van der Waals surface area contributed by atoms with Crippen LogP contribution in [0.2, 0.25) is 0 Å². The quantitative estimate of drug-likeness (QED) is 0.384. The minimum Gasteiger partial charge on any atom is -0.379 e. The molecule has 0 spiro atoms. The van der Waals surface area contributed by atoms with Crippen molar-refractivity contribution in [1.82, 2.24) is 10.6 Å². The second kappa shape index (κ2) is 10.3. The Labute approximate surface area is 138 Å². The van der Waals surface area contributed by atoms with E-state index in [1.54, 1.807) is 7.05 Å². The first-order valence-corrected chi connectivity index (χ1v) is 11.0. The molecular weight excluding hydrogens is 322 g/mol. The van der Waals surface area contributed by atoms with E-state index in [9.17, 15) is 8.42 Å². The van der Waals surface area contributed by atoms with E-state index >= 15 is 0 Å². The van der Waals surface area contributed by atoms with Gasteiger partial charge in [0.05, 0.1) is 19.0 Å². The van der Waals surface area contributed by atoms with E-state index in [0.29, 0.717) is 19.2 Å². The van der Waals surface area contributed by atoms with Crippen molar-refractivity contribution in [3.05, 3.63) is 0 Å². The van der Waals surface area contributed by atoms with E-state index < -0.39 is 9.84 Å². The molecule has 2 atom stereocenters. The average Bonchev–Trinajstić information content (AvgIpc) is 2.48. The Morgan fingerprint density at radius 2 is 2.14 bits per heavy atom. The second-order valence-electron chi connectivity index (χ2n) is 5.61. The Bertz CT molecular complexity index is 441. The molecule has 6 nitrogen and oxygen atoms in total. The van der Waals surface area contributed by atoms with Crippen molar-refractivity contribution >= 4 is 27.6 Å². The van der Waals surface area contributed by atoms with Crippen molar-refractivity contribution in [1.29, 1.82) is 0 Å². The van der Waals surface area contributed by atoms with Crippen LogP contribution in [0.1, 0.15) is 25.7 Å². The number of guanidine groups is 1. The topological polar surface area (TPSA) is 79.8 Å². The molecule has 1 aliphatic carbocycles. The van der Waals surface area contributed by atoms with Gasteiger partial charge >= 0.3 is 0 Å². The van der Waals surface area contributed by atoms with Crippen LogP contribution in [0.25, 0.3) is 0 Å². The minimum absolute atomic E-state index is 0.0676. The molecule has 0 aromatic rings. The van der Waals surface area contributed by atoms with Gasteiger partial charge in [0.1, 0.15) is 9.84 Å². The fourth-order valence-corrected chi connectivity index (χ4v) is 3.68. The van der Waals surface area contributed by atoms with Crippen LogP contribution in [0.4, 0.5) is 0 Å². The molecule has 0 bridgehead atoms. The predicted octanol–water partition coefficient (Wildman–Crippen LogP) is 0.887. The van der Waals surface area contributed by atoms with Gasteiger partial charge in [-0.2, -0.15) is 11.8 Å². The lowest BCUT2D eigenvalue weighted by Gasteiger charge is -2.29. The Hall–Kier alpha value is -0.470. The fraction of sp³-hybridized carbons (Fsp3) is 0.929. The van der Waals surface area contributed by atoms with Gasteiger partial charge in [0.15, 0.2) is 5.96 Å². The zero-order valence-corrected chi connectivity index (χ0v) is 15.4. The Kier molecular flexibility index (Phi) is 9.19. The summed E-state index contributed by atoms with van der Waals surface area (Å²) in [4.78, 5) is 4.23. The number of nitrogens with one attached hydrogen (secondary N) is 2. The summed E-state index contributed by atoms with van der Waals surface area (Å²) in [5, 5.41) is 7.40. The third kappa shape index (κ3) is 8.85. The summed E-state index contributed by atoms with van der Waals surface area (Å²) in [5.74, 6) is 0.858. The zero-order chi connectivity index (χ0) is 16.4. The molecule has 1 aliphatic rings. The molecule has 0 aromatic carbocycles. The molecule has 1 fully saturated rings. The van der Waals surface area contributed by atoms with E-state index in [1.165, 1.54) is 31.9 Å². The number of thioether (sulfide) groups is 1. The highest BCUT2D eigenvalue weighted by molar-refractivity contribution is 7.99. The Morgan fingerprint density at radius 3 is 2.77 bits per heavy atom. The zero-order valence-electron chi connectivity index (χ0n) is 13.8. The van der Waals surface area contributed by atoms with Gasteiger partial charge in [-0.1, -0.05) is 6.42 Å². The molecule has 1 rings (SSSR count). The SMILES string of the molecule is CN=C(NCCOCCS(C)(=O)=O)NC1CCCC(SC)C1. The number of aliphatic imine (C=N–C) groups is 1. The normalized spacial score (nSPS) is 23.3. The van der Waals surface area contributed by atoms with Gasteiger partial charge in [0, 0.05) is 31.1 Å². The first kappa shape index (κ1) is 19.6. The third-order valence-electron chi connectivity index (χ3n) is 3.66. The summed E-state index contributed by atoms with van der Waals surface area (Å²) >= 11 is 1.94. The molecule has 2 N–H and O–H groups in total. The summed E-state index contributed by atoms with van der Waals surface area (Å²) in [6.45, 7) is 1.32. The first-order valence-electron chi connectivity index (χ1n) is 7.70. The molecule has 1 saturated carbocycles. The molecule has 0 radical (unpaired) electrons. The Balaban J connectivity index is 2.17. The third-order valence-corrected chi connectivity index (χ3v) is 5.66. The molecule has 0 aromatic heterocycles. The van der Waals surface area contributed by atoms with Gasteiger partial charge in [0.25, 0.3) is 0 Å². The van der Waals surface area contributed by atoms with Crippen LogP contribution in [0, 0.1) is 0 Å². The van der Waals surface area contributed by atoms with E-state index in [-0.39, 0.29) is 12.4 Å². The van der Waals surface area contributed by atoms with E-state index in [1.807, 2.05) is 11.8 Å². The summed E-state index contributed by atoms with van der Waals surface area (Å²) in [6.07, 6.45) is 8.31. The van der Waals surface area contributed by atoms with Crippen molar-refractivity contribution in [3.63, 3.8) is 0 Å². The molecular formula is C14H29N3O3S2. The second-order valence-corrected chi connectivity index (χ2v) is 9.00. The molecule has 0 saturated heterocycles. The lowest BCUT2D eigenvalue weighted by Crippen LogP contribution is -2.46. The largest absolute Gasteiger partial charge is 0.379 e.